The van der Waals surface area contributed by atoms with E-state index in [2.05, 4.69) is 17.5 Å². The summed E-state index contributed by atoms with van der Waals surface area (Å²) in [4.78, 5) is 10.8. The van der Waals surface area contributed by atoms with E-state index in [4.69, 9.17) is 11.5 Å². The Hall–Kier alpha value is -0.260. The van der Waals surface area contributed by atoms with Crippen molar-refractivity contribution in [2.75, 3.05) is 6.54 Å². The molecule has 0 aromatic carbocycles. The van der Waals surface area contributed by atoms with Crippen molar-refractivity contribution >= 4 is 18.7 Å². The average Bonchev–Trinajstić information content (AvgIpc) is 2.03. The second-order valence-corrected chi connectivity index (χ2v) is 2.59. The van der Waals surface area contributed by atoms with Crippen LogP contribution >= 0.6 is 12.8 Å². The number of rotatable bonds is 5. The number of nitrogens with two attached hydrogens (primary N) is 2. The van der Waals surface area contributed by atoms with E-state index in [0.29, 0.717) is 13.0 Å². The predicted octanol–water partition coefficient (Wildman–Crippen LogP) is -0.596. The summed E-state index contributed by atoms with van der Waals surface area (Å²) in [7, 11) is 0. The summed E-state index contributed by atoms with van der Waals surface area (Å²) >= 11 is 3.60. The highest BCUT2D eigenvalue weighted by molar-refractivity contribution is 7.78. The standard InChI is InChI=1S/C6H15N3OS/c7-4-2-1-3-5(8)6(10)9-11/h5,11H,1-4,7-8H2,(H,9,10). The first-order chi connectivity index (χ1) is 5.22. The molecule has 66 valence electrons. The number of nitrogens with one attached hydrogen (secondary N) is 1. The molecule has 0 rings (SSSR count). The van der Waals surface area contributed by atoms with Gasteiger partial charge in [0, 0.05) is 0 Å². The minimum Gasteiger partial charge on any atom is -0.330 e. The maximum Gasteiger partial charge on any atom is 0.246 e. The van der Waals surface area contributed by atoms with Gasteiger partial charge in [0.1, 0.15) is 0 Å². The van der Waals surface area contributed by atoms with Crippen molar-refractivity contribution in [3.8, 4) is 0 Å². The van der Waals surface area contributed by atoms with Crippen LogP contribution in [0.15, 0.2) is 0 Å². The minimum absolute atomic E-state index is 0.231. The van der Waals surface area contributed by atoms with Crippen molar-refractivity contribution in [2.24, 2.45) is 11.5 Å². The topological polar surface area (TPSA) is 81.1 Å². The summed E-state index contributed by atoms with van der Waals surface area (Å²) in [6, 6.07) is -0.445. The maximum atomic E-state index is 10.8. The first-order valence-corrected chi connectivity index (χ1v) is 4.06. The monoisotopic (exact) mass is 177 g/mol. The smallest absolute Gasteiger partial charge is 0.246 e. The van der Waals surface area contributed by atoms with Gasteiger partial charge in [-0.2, -0.15) is 0 Å². The summed E-state index contributed by atoms with van der Waals surface area (Å²) in [5.74, 6) is -0.231. The van der Waals surface area contributed by atoms with Crippen LogP contribution < -0.4 is 16.2 Å². The molecule has 0 aliphatic carbocycles. The second kappa shape index (κ2) is 6.45. The van der Waals surface area contributed by atoms with Crippen LogP contribution in [0.5, 0.6) is 0 Å². The van der Waals surface area contributed by atoms with E-state index in [0.717, 1.165) is 12.8 Å². The van der Waals surface area contributed by atoms with Gasteiger partial charge in [-0.1, -0.05) is 19.2 Å². The first kappa shape index (κ1) is 10.7. The van der Waals surface area contributed by atoms with Crippen molar-refractivity contribution in [2.45, 2.75) is 25.3 Å². The molecular formula is C6H15N3OS. The molecule has 1 amide bonds. The van der Waals surface area contributed by atoms with E-state index in [-0.39, 0.29) is 5.91 Å². The lowest BCUT2D eigenvalue weighted by Gasteiger charge is -2.07. The Morgan fingerprint density at radius 1 is 1.55 bits per heavy atom. The third-order valence-electron chi connectivity index (χ3n) is 1.42. The van der Waals surface area contributed by atoms with Crippen LogP contribution in [0.1, 0.15) is 19.3 Å². The molecule has 5 heteroatoms. The Balaban J connectivity index is 3.36. The van der Waals surface area contributed by atoms with Crippen LogP contribution in [-0.4, -0.2) is 18.5 Å². The van der Waals surface area contributed by atoms with Gasteiger partial charge >= 0.3 is 0 Å². The van der Waals surface area contributed by atoms with Crippen LogP contribution in [0.25, 0.3) is 0 Å². The van der Waals surface area contributed by atoms with E-state index in [1.54, 1.807) is 0 Å². The Morgan fingerprint density at radius 2 is 2.18 bits per heavy atom. The highest BCUT2D eigenvalue weighted by atomic mass is 32.1. The van der Waals surface area contributed by atoms with Crippen LogP contribution in [0, 0.1) is 0 Å². The van der Waals surface area contributed by atoms with Crippen molar-refractivity contribution < 1.29 is 4.79 Å². The largest absolute Gasteiger partial charge is 0.330 e. The summed E-state index contributed by atoms with van der Waals surface area (Å²) in [6.07, 6.45) is 2.47. The molecule has 0 aliphatic heterocycles. The van der Waals surface area contributed by atoms with E-state index >= 15 is 0 Å². The van der Waals surface area contributed by atoms with Gasteiger partial charge in [-0.3, -0.25) is 4.79 Å². The fraction of sp³-hybridized carbons (Fsp3) is 0.833. The van der Waals surface area contributed by atoms with Crippen LogP contribution in [0.3, 0.4) is 0 Å². The molecule has 0 heterocycles. The lowest BCUT2D eigenvalue weighted by Crippen LogP contribution is -2.36. The number of amides is 1. The quantitative estimate of drug-likeness (QED) is 0.334. The molecule has 0 saturated carbocycles. The minimum atomic E-state index is -0.445. The highest BCUT2D eigenvalue weighted by Gasteiger charge is 2.09. The van der Waals surface area contributed by atoms with Crippen LogP contribution in [0.4, 0.5) is 0 Å². The van der Waals surface area contributed by atoms with Gasteiger partial charge in [0.05, 0.1) is 6.04 Å². The maximum absolute atomic E-state index is 10.8. The Morgan fingerprint density at radius 3 is 2.64 bits per heavy atom. The zero-order chi connectivity index (χ0) is 8.69. The molecule has 0 aliphatic rings. The van der Waals surface area contributed by atoms with Gasteiger partial charge < -0.3 is 16.2 Å². The highest BCUT2D eigenvalue weighted by Crippen LogP contribution is 1.97. The van der Waals surface area contributed by atoms with E-state index in [9.17, 15) is 4.79 Å². The van der Waals surface area contributed by atoms with Gasteiger partial charge in [-0.15, -0.1) is 0 Å². The van der Waals surface area contributed by atoms with Gasteiger partial charge in [0.2, 0.25) is 5.91 Å². The van der Waals surface area contributed by atoms with E-state index in [1.165, 1.54) is 0 Å². The summed E-state index contributed by atoms with van der Waals surface area (Å²) in [6.45, 7) is 0.648. The van der Waals surface area contributed by atoms with Crippen molar-refractivity contribution in [1.82, 2.24) is 4.72 Å². The van der Waals surface area contributed by atoms with Crippen LogP contribution in [-0.2, 0) is 4.79 Å². The number of unbranched alkanes of at least 4 members (excludes halogenated alkanes) is 1. The molecule has 11 heavy (non-hydrogen) atoms. The molecule has 5 N–H and O–H groups in total. The molecule has 0 fully saturated rings. The number of hydrogen-bond donors (Lipinski definition) is 4. The second-order valence-electron chi connectivity index (χ2n) is 2.37. The predicted molar refractivity (Wildman–Crippen MR) is 48.0 cm³/mol. The third kappa shape index (κ3) is 5.06. The molecule has 0 spiro atoms. The third-order valence-corrected chi connectivity index (χ3v) is 1.64. The van der Waals surface area contributed by atoms with Gasteiger partial charge in [0.25, 0.3) is 0 Å². The van der Waals surface area contributed by atoms with Crippen molar-refractivity contribution in [3.63, 3.8) is 0 Å². The molecule has 4 nitrogen and oxygen atoms in total. The first-order valence-electron chi connectivity index (χ1n) is 3.62. The van der Waals surface area contributed by atoms with E-state index in [1.807, 2.05) is 0 Å². The molecule has 0 bridgehead atoms. The zero-order valence-corrected chi connectivity index (χ0v) is 7.31. The lowest BCUT2D eigenvalue weighted by molar-refractivity contribution is -0.120. The average molecular weight is 177 g/mol. The van der Waals surface area contributed by atoms with E-state index < -0.39 is 6.04 Å². The Kier molecular flexibility index (Phi) is 6.30. The number of hydrogen-bond acceptors (Lipinski definition) is 4. The Bertz CT molecular complexity index is 120. The lowest BCUT2D eigenvalue weighted by atomic mass is 10.1. The number of thiol groups is 1. The van der Waals surface area contributed by atoms with Crippen LogP contribution in [0.2, 0.25) is 0 Å². The molecule has 1 unspecified atom stereocenters. The van der Waals surface area contributed by atoms with Crippen molar-refractivity contribution in [3.05, 3.63) is 0 Å². The Labute approximate surface area is 72.2 Å². The molecule has 1 atom stereocenters. The summed E-state index contributed by atoms with van der Waals surface area (Å²) in [5, 5.41) is 0. The van der Waals surface area contributed by atoms with Crippen molar-refractivity contribution in [1.29, 1.82) is 0 Å². The molecular weight excluding hydrogens is 162 g/mol. The number of carbonyl (C=O) groups excluding carboxylic acids is 1. The summed E-state index contributed by atoms with van der Waals surface area (Å²) < 4.78 is 2.19. The molecule has 0 aromatic rings. The van der Waals surface area contributed by atoms with Gasteiger partial charge in [-0.05, 0) is 19.4 Å². The fourth-order valence-corrected chi connectivity index (χ4v) is 0.888. The zero-order valence-electron chi connectivity index (χ0n) is 6.42. The molecule has 0 radical (unpaired) electrons. The van der Waals surface area contributed by atoms with Gasteiger partial charge in [0.15, 0.2) is 0 Å². The summed E-state index contributed by atoms with van der Waals surface area (Å²) in [5.41, 5.74) is 10.7. The number of carbonyl (C=O) groups is 1. The fourth-order valence-electron chi connectivity index (χ4n) is 0.723. The SMILES string of the molecule is NCCCCC(N)C(=O)NS. The molecule has 0 saturated heterocycles. The van der Waals surface area contributed by atoms with Gasteiger partial charge in [-0.25, -0.2) is 0 Å². The molecule has 0 aromatic heterocycles. The normalized spacial score (nSPS) is 12.6.